The Kier molecular flexibility index (Phi) is 5.37. The second-order valence-corrected chi connectivity index (χ2v) is 7.74. The number of carbonyl (C=O) groups is 1. The largest absolute Gasteiger partial charge is 0.324 e. The Morgan fingerprint density at radius 2 is 1.74 bits per heavy atom. The number of rotatable bonds is 6. The summed E-state index contributed by atoms with van der Waals surface area (Å²) in [5.74, 6) is 0.632. The topological polar surface area (TPSA) is 46.9 Å². The maximum atomic E-state index is 12.4. The minimum atomic E-state index is -0.148. The summed E-state index contributed by atoms with van der Waals surface area (Å²) in [6, 6.07) is 21.7. The van der Waals surface area contributed by atoms with Gasteiger partial charge >= 0.3 is 0 Å². The fourth-order valence-electron chi connectivity index (χ4n) is 2.57. The second-order valence-electron chi connectivity index (χ2n) is 5.84. The first kappa shape index (κ1) is 17.6. The standard InChI is InChI=1S/C21H17N3OS2/c25-20(16-8-10-18(11-9-16)24-12-4-5-13-24)23-21-22-17(15-27-21)14-26-19-6-2-1-3-7-19/h1-13,15H,14H2,(H,22,23,25). The summed E-state index contributed by atoms with van der Waals surface area (Å²) in [6.45, 7) is 0. The Bertz CT molecular complexity index is 1010. The molecule has 27 heavy (non-hydrogen) atoms. The van der Waals surface area contributed by atoms with Crippen molar-refractivity contribution in [3.05, 3.63) is 95.8 Å². The second kappa shape index (κ2) is 8.24. The van der Waals surface area contributed by atoms with Gasteiger partial charge in [-0.05, 0) is 48.5 Å². The fraction of sp³-hybridized carbons (Fsp3) is 0.0476. The molecule has 2 aromatic carbocycles. The SMILES string of the molecule is O=C(Nc1nc(CSc2ccccc2)cs1)c1ccc(-n2cccc2)cc1. The van der Waals surface area contributed by atoms with E-state index < -0.39 is 0 Å². The van der Waals surface area contributed by atoms with Crippen molar-refractivity contribution < 1.29 is 4.79 Å². The number of aromatic nitrogens is 2. The van der Waals surface area contributed by atoms with E-state index in [1.165, 1.54) is 16.2 Å². The molecular formula is C21H17N3OS2. The Labute approximate surface area is 165 Å². The van der Waals surface area contributed by atoms with Crippen LogP contribution in [0.4, 0.5) is 5.13 Å². The van der Waals surface area contributed by atoms with E-state index in [0.29, 0.717) is 10.7 Å². The molecule has 134 valence electrons. The van der Waals surface area contributed by atoms with E-state index in [1.807, 2.05) is 76.9 Å². The summed E-state index contributed by atoms with van der Waals surface area (Å²) < 4.78 is 2.00. The number of hydrogen-bond donors (Lipinski definition) is 1. The van der Waals surface area contributed by atoms with Crippen LogP contribution in [0.2, 0.25) is 0 Å². The number of nitrogens with one attached hydrogen (secondary N) is 1. The number of thiazole rings is 1. The number of nitrogens with zero attached hydrogens (tertiary/aromatic N) is 2. The first-order valence-electron chi connectivity index (χ1n) is 8.45. The van der Waals surface area contributed by atoms with Crippen molar-refractivity contribution in [2.75, 3.05) is 5.32 Å². The van der Waals surface area contributed by atoms with E-state index in [0.717, 1.165) is 17.1 Å². The minimum Gasteiger partial charge on any atom is -0.324 e. The third kappa shape index (κ3) is 4.48. The summed E-state index contributed by atoms with van der Waals surface area (Å²) in [7, 11) is 0. The van der Waals surface area contributed by atoms with Crippen LogP contribution in [0.3, 0.4) is 0 Å². The number of anilines is 1. The van der Waals surface area contributed by atoms with E-state index in [4.69, 9.17) is 0 Å². The summed E-state index contributed by atoms with van der Waals surface area (Å²) in [4.78, 5) is 18.2. The van der Waals surface area contributed by atoms with Gasteiger partial charge in [0.05, 0.1) is 5.69 Å². The molecule has 4 rings (SSSR count). The van der Waals surface area contributed by atoms with Crippen molar-refractivity contribution in [1.82, 2.24) is 9.55 Å². The molecule has 0 aliphatic heterocycles. The molecule has 0 spiro atoms. The molecule has 0 fully saturated rings. The highest BCUT2D eigenvalue weighted by atomic mass is 32.2. The van der Waals surface area contributed by atoms with Gasteiger partial charge in [-0.2, -0.15) is 0 Å². The number of benzene rings is 2. The minimum absolute atomic E-state index is 0.148. The van der Waals surface area contributed by atoms with Gasteiger partial charge in [0.25, 0.3) is 5.91 Å². The molecule has 0 unspecified atom stereocenters. The molecule has 0 saturated heterocycles. The third-order valence-corrected chi connectivity index (χ3v) is 5.79. The van der Waals surface area contributed by atoms with Crippen molar-refractivity contribution in [1.29, 1.82) is 0 Å². The molecule has 1 amide bonds. The molecule has 4 aromatic rings. The zero-order valence-electron chi connectivity index (χ0n) is 14.4. The van der Waals surface area contributed by atoms with Gasteiger partial charge in [0, 0.05) is 39.7 Å². The highest BCUT2D eigenvalue weighted by molar-refractivity contribution is 7.98. The van der Waals surface area contributed by atoms with E-state index in [-0.39, 0.29) is 5.91 Å². The molecule has 0 aliphatic rings. The zero-order valence-corrected chi connectivity index (χ0v) is 16.0. The predicted molar refractivity (Wildman–Crippen MR) is 112 cm³/mol. The fourth-order valence-corrected chi connectivity index (χ4v) is 4.19. The van der Waals surface area contributed by atoms with Crippen LogP contribution in [0.5, 0.6) is 0 Å². The van der Waals surface area contributed by atoms with Gasteiger partial charge in [-0.1, -0.05) is 18.2 Å². The van der Waals surface area contributed by atoms with Gasteiger partial charge in [0.1, 0.15) is 0 Å². The summed E-state index contributed by atoms with van der Waals surface area (Å²) in [6.07, 6.45) is 3.94. The molecule has 0 aliphatic carbocycles. The first-order valence-corrected chi connectivity index (χ1v) is 10.3. The molecule has 2 aromatic heterocycles. The molecule has 0 bridgehead atoms. The van der Waals surface area contributed by atoms with E-state index in [1.54, 1.807) is 11.8 Å². The Morgan fingerprint density at radius 3 is 2.48 bits per heavy atom. The smallest absolute Gasteiger partial charge is 0.257 e. The lowest BCUT2D eigenvalue weighted by Crippen LogP contribution is -2.11. The van der Waals surface area contributed by atoms with Crippen molar-refractivity contribution in [2.24, 2.45) is 0 Å². The van der Waals surface area contributed by atoms with Gasteiger partial charge in [-0.15, -0.1) is 23.1 Å². The van der Waals surface area contributed by atoms with Crippen LogP contribution < -0.4 is 5.32 Å². The number of amides is 1. The van der Waals surface area contributed by atoms with Crippen LogP contribution in [0.25, 0.3) is 5.69 Å². The van der Waals surface area contributed by atoms with E-state index >= 15 is 0 Å². The average molecular weight is 392 g/mol. The lowest BCUT2D eigenvalue weighted by Gasteiger charge is -2.05. The molecule has 6 heteroatoms. The van der Waals surface area contributed by atoms with Crippen LogP contribution >= 0.6 is 23.1 Å². The van der Waals surface area contributed by atoms with E-state index in [9.17, 15) is 4.79 Å². The van der Waals surface area contributed by atoms with E-state index in [2.05, 4.69) is 22.4 Å². The molecule has 0 atom stereocenters. The van der Waals surface area contributed by atoms with Gasteiger partial charge in [-0.25, -0.2) is 4.98 Å². The first-order chi connectivity index (χ1) is 13.3. The summed E-state index contributed by atoms with van der Waals surface area (Å²) in [5.41, 5.74) is 2.60. The predicted octanol–water partition coefficient (Wildman–Crippen LogP) is 5.48. The Balaban J connectivity index is 1.36. The molecule has 2 heterocycles. The highest BCUT2D eigenvalue weighted by Gasteiger charge is 2.10. The molecule has 4 nitrogen and oxygen atoms in total. The molecule has 1 N–H and O–H groups in total. The number of thioether (sulfide) groups is 1. The van der Waals surface area contributed by atoms with Gasteiger partial charge < -0.3 is 4.57 Å². The van der Waals surface area contributed by atoms with Crippen LogP contribution in [0, 0.1) is 0 Å². The maximum absolute atomic E-state index is 12.4. The summed E-state index contributed by atoms with van der Waals surface area (Å²) in [5, 5.41) is 5.49. The lowest BCUT2D eigenvalue weighted by molar-refractivity contribution is 0.102. The third-order valence-electron chi connectivity index (χ3n) is 3.93. The molecule has 0 radical (unpaired) electrons. The Hall–Kier alpha value is -2.83. The lowest BCUT2D eigenvalue weighted by atomic mass is 10.2. The normalized spacial score (nSPS) is 10.7. The van der Waals surface area contributed by atoms with Crippen LogP contribution in [0.15, 0.2) is 89.4 Å². The van der Waals surface area contributed by atoms with Crippen molar-refractivity contribution in [2.45, 2.75) is 10.6 Å². The quantitative estimate of drug-likeness (QED) is 0.443. The van der Waals surface area contributed by atoms with Crippen LogP contribution in [0.1, 0.15) is 16.1 Å². The molecule has 0 saturated carbocycles. The van der Waals surface area contributed by atoms with Crippen LogP contribution in [-0.2, 0) is 5.75 Å². The Morgan fingerprint density at radius 1 is 1.00 bits per heavy atom. The van der Waals surface area contributed by atoms with Crippen molar-refractivity contribution in [3.8, 4) is 5.69 Å². The maximum Gasteiger partial charge on any atom is 0.257 e. The van der Waals surface area contributed by atoms with Gasteiger partial charge in [0.2, 0.25) is 0 Å². The molecular weight excluding hydrogens is 374 g/mol. The highest BCUT2D eigenvalue weighted by Crippen LogP contribution is 2.25. The van der Waals surface area contributed by atoms with Gasteiger partial charge in [0.15, 0.2) is 5.13 Å². The zero-order chi connectivity index (χ0) is 18.5. The number of hydrogen-bond acceptors (Lipinski definition) is 4. The number of carbonyl (C=O) groups excluding carboxylic acids is 1. The van der Waals surface area contributed by atoms with Crippen LogP contribution in [-0.4, -0.2) is 15.5 Å². The monoisotopic (exact) mass is 391 g/mol. The summed E-state index contributed by atoms with van der Waals surface area (Å²) >= 11 is 3.18. The van der Waals surface area contributed by atoms with Crippen molar-refractivity contribution in [3.63, 3.8) is 0 Å². The average Bonchev–Trinajstić information content (AvgIpc) is 3.40. The van der Waals surface area contributed by atoms with Gasteiger partial charge in [-0.3, -0.25) is 10.1 Å². The van der Waals surface area contributed by atoms with Crippen molar-refractivity contribution >= 4 is 34.1 Å².